The van der Waals surface area contributed by atoms with Gasteiger partial charge in [0.25, 0.3) is 5.91 Å². The molecular weight excluding hydrogens is 494 g/mol. The van der Waals surface area contributed by atoms with Gasteiger partial charge in [-0.25, -0.2) is 0 Å². The summed E-state index contributed by atoms with van der Waals surface area (Å²) in [5.41, 5.74) is 2.42. The maximum atomic E-state index is 13.5. The molecule has 2 aromatic carbocycles. The number of rotatable bonds is 8. The molecule has 0 saturated carbocycles. The maximum absolute atomic E-state index is 13.5. The largest absolute Gasteiger partial charge is 0.496 e. The molecule has 1 aliphatic heterocycles. The second-order valence-electron chi connectivity index (χ2n) is 10.4. The lowest BCUT2D eigenvalue weighted by atomic mass is 10.0. The Morgan fingerprint density at radius 3 is 2.62 bits per heavy atom. The van der Waals surface area contributed by atoms with E-state index in [9.17, 15) is 14.4 Å². The van der Waals surface area contributed by atoms with Gasteiger partial charge < -0.3 is 24.2 Å². The van der Waals surface area contributed by atoms with Gasteiger partial charge in [-0.15, -0.1) is 0 Å². The molecule has 0 unspecified atom stereocenters. The number of nitrogens with zero attached hydrogens (tertiary/aromatic N) is 3. The average Bonchev–Trinajstić information content (AvgIpc) is 2.94. The summed E-state index contributed by atoms with van der Waals surface area (Å²) in [5, 5.41) is 0. The molecule has 0 N–H and O–H groups in total. The average molecular weight is 538 g/mol. The number of aryl methyl sites for hydroxylation is 1. The molecule has 0 spiro atoms. The summed E-state index contributed by atoms with van der Waals surface area (Å²) in [6, 6.07) is 12.5. The number of para-hydroxylation sites is 1. The highest BCUT2D eigenvalue weighted by molar-refractivity contribution is 5.99. The fourth-order valence-corrected chi connectivity index (χ4v) is 4.91. The Morgan fingerprint density at radius 1 is 1.08 bits per heavy atom. The summed E-state index contributed by atoms with van der Waals surface area (Å²) in [5.74, 6) is 0.998. The van der Waals surface area contributed by atoms with Crippen molar-refractivity contribution >= 4 is 17.7 Å². The third kappa shape index (κ3) is 8.22. The molecule has 1 aliphatic rings. The number of hydrogen-bond acceptors (Lipinski definition) is 5. The van der Waals surface area contributed by atoms with Crippen LogP contribution in [-0.2, 0) is 16.0 Å². The molecule has 0 fully saturated rings. The molecule has 3 amide bonds. The topological polar surface area (TPSA) is 79.4 Å². The molecule has 8 heteroatoms. The third-order valence-electron chi connectivity index (χ3n) is 7.39. The van der Waals surface area contributed by atoms with Crippen molar-refractivity contribution in [2.24, 2.45) is 0 Å². The highest BCUT2D eigenvalue weighted by Gasteiger charge is 2.31. The molecule has 212 valence electrons. The lowest BCUT2D eigenvalue weighted by Gasteiger charge is -2.31. The zero-order valence-electron chi connectivity index (χ0n) is 24.1. The minimum Gasteiger partial charge on any atom is -0.496 e. The van der Waals surface area contributed by atoms with E-state index in [1.54, 1.807) is 42.0 Å². The molecule has 0 bridgehead atoms. The highest BCUT2D eigenvalue weighted by Crippen LogP contribution is 2.24. The molecule has 2 aromatic rings. The number of ether oxygens (including phenoxy) is 2. The first kappa shape index (κ1) is 30.0. The van der Waals surface area contributed by atoms with Crippen LogP contribution in [0.25, 0.3) is 0 Å². The third-order valence-corrected chi connectivity index (χ3v) is 7.39. The van der Waals surface area contributed by atoms with Crippen molar-refractivity contribution in [2.45, 2.75) is 57.9 Å². The van der Waals surface area contributed by atoms with E-state index in [0.717, 1.165) is 36.8 Å². The van der Waals surface area contributed by atoms with Crippen LogP contribution in [0.4, 0.5) is 0 Å². The SMILES string of the molecule is COc1ccc(C)cc1CC(=O)N(C)CCCC[C@H]1C(=O)N(C)CCCCCOc2ccccc2C(=O)N1C. The standard InChI is InChI=1S/C31H43N3O5/c1-23-16-17-27(38-5)24(21-23)22-29(35)32(2)18-11-9-14-26-31(37)33(3)19-10-6-12-20-39-28-15-8-7-13-25(28)30(36)34(26)4/h7-8,13,15-17,21,26H,6,9-12,14,18-20,22H2,1-5H3/t26-/m0/s1. The number of fused-ring (bicyclic) bond motifs is 1. The fourth-order valence-electron chi connectivity index (χ4n) is 4.91. The normalized spacial score (nSPS) is 16.9. The van der Waals surface area contributed by atoms with Crippen LogP contribution < -0.4 is 9.47 Å². The Bertz CT molecular complexity index is 1130. The van der Waals surface area contributed by atoms with Gasteiger partial charge in [0.15, 0.2) is 0 Å². The van der Waals surface area contributed by atoms with Gasteiger partial charge in [-0.2, -0.15) is 0 Å². The smallest absolute Gasteiger partial charge is 0.258 e. The van der Waals surface area contributed by atoms with E-state index in [4.69, 9.17) is 9.47 Å². The minimum absolute atomic E-state index is 0.0145. The van der Waals surface area contributed by atoms with Gasteiger partial charge in [-0.3, -0.25) is 14.4 Å². The Balaban J connectivity index is 1.64. The van der Waals surface area contributed by atoms with Crippen molar-refractivity contribution in [2.75, 3.05) is 47.9 Å². The van der Waals surface area contributed by atoms with Crippen LogP contribution in [0.5, 0.6) is 11.5 Å². The maximum Gasteiger partial charge on any atom is 0.258 e. The van der Waals surface area contributed by atoms with E-state index in [1.807, 2.05) is 50.4 Å². The van der Waals surface area contributed by atoms with Crippen LogP contribution in [0.3, 0.4) is 0 Å². The van der Waals surface area contributed by atoms with E-state index < -0.39 is 6.04 Å². The van der Waals surface area contributed by atoms with Gasteiger partial charge in [-0.1, -0.05) is 29.8 Å². The van der Waals surface area contributed by atoms with Crippen LogP contribution in [0, 0.1) is 6.92 Å². The number of benzene rings is 2. The lowest BCUT2D eigenvalue weighted by molar-refractivity contribution is -0.135. The molecule has 0 radical (unpaired) electrons. The first-order valence-electron chi connectivity index (χ1n) is 13.8. The molecule has 0 aliphatic carbocycles. The Labute approximate surface area is 232 Å². The number of methoxy groups -OCH3 is 1. The van der Waals surface area contributed by atoms with Gasteiger partial charge in [0.2, 0.25) is 11.8 Å². The molecule has 3 rings (SSSR count). The zero-order valence-corrected chi connectivity index (χ0v) is 24.1. The summed E-state index contributed by atoms with van der Waals surface area (Å²) in [4.78, 5) is 44.9. The highest BCUT2D eigenvalue weighted by atomic mass is 16.5. The van der Waals surface area contributed by atoms with Crippen molar-refractivity contribution in [3.05, 3.63) is 59.2 Å². The summed E-state index contributed by atoms with van der Waals surface area (Å²) in [6.45, 7) is 3.74. The summed E-state index contributed by atoms with van der Waals surface area (Å²) >= 11 is 0. The van der Waals surface area contributed by atoms with Gasteiger partial charge >= 0.3 is 0 Å². The van der Waals surface area contributed by atoms with Crippen LogP contribution >= 0.6 is 0 Å². The lowest BCUT2D eigenvalue weighted by Crippen LogP contribution is -2.48. The van der Waals surface area contributed by atoms with Crippen molar-refractivity contribution in [3.8, 4) is 11.5 Å². The van der Waals surface area contributed by atoms with E-state index in [2.05, 4.69) is 0 Å². The summed E-state index contributed by atoms with van der Waals surface area (Å²) in [6.07, 6.45) is 4.91. The molecule has 1 heterocycles. The molecule has 0 saturated heterocycles. The van der Waals surface area contributed by atoms with E-state index in [-0.39, 0.29) is 24.1 Å². The number of amides is 3. The zero-order chi connectivity index (χ0) is 28.4. The quantitative estimate of drug-likeness (QED) is 0.468. The Kier molecular flexibility index (Phi) is 11.2. The van der Waals surface area contributed by atoms with Gasteiger partial charge in [0, 0.05) is 39.8 Å². The second-order valence-corrected chi connectivity index (χ2v) is 10.4. The number of unbranched alkanes of at least 4 members (excludes halogenated alkanes) is 1. The van der Waals surface area contributed by atoms with Gasteiger partial charge in [-0.05, 0) is 63.6 Å². The monoisotopic (exact) mass is 537 g/mol. The first-order valence-corrected chi connectivity index (χ1v) is 13.8. The van der Waals surface area contributed by atoms with Crippen LogP contribution in [-0.4, -0.2) is 86.4 Å². The van der Waals surface area contributed by atoms with E-state index in [1.165, 1.54) is 0 Å². The molecule has 0 aromatic heterocycles. The van der Waals surface area contributed by atoms with Crippen LogP contribution in [0.2, 0.25) is 0 Å². The van der Waals surface area contributed by atoms with Crippen molar-refractivity contribution in [1.82, 2.24) is 14.7 Å². The van der Waals surface area contributed by atoms with Crippen LogP contribution in [0.1, 0.15) is 60.0 Å². The molecule has 1 atom stereocenters. The Morgan fingerprint density at radius 2 is 1.85 bits per heavy atom. The molecule has 8 nitrogen and oxygen atoms in total. The van der Waals surface area contributed by atoms with Crippen molar-refractivity contribution in [1.29, 1.82) is 0 Å². The summed E-state index contributed by atoms with van der Waals surface area (Å²) in [7, 11) is 6.91. The van der Waals surface area contributed by atoms with Crippen molar-refractivity contribution < 1.29 is 23.9 Å². The van der Waals surface area contributed by atoms with E-state index in [0.29, 0.717) is 49.6 Å². The van der Waals surface area contributed by atoms with Gasteiger partial charge in [0.1, 0.15) is 17.5 Å². The number of hydrogen-bond donors (Lipinski definition) is 0. The van der Waals surface area contributed by atoms with E-state index >= 15 is 0 Å². The predicted molar refractivity (Wildman–Crippen MR) is 152 cm³/mol. The predicted octanol–water partition coefficient (Wildman–Crippen LogP) is 4.34. The molecular formula is C31H43N3O5. The fraction of sp³-hybridized carbons (Fsp3) is 0.516. The second kappa shape index (κ2) is 14.6. The van der Waals surface area contributed by atoms with Crippen LogP contribution in [0.15, 0.2) is 42.5 Å². The number of carbonyl (C=O) groups is 3. The number of carbonyl (C=O) groups excluding carboxylic acids is 3. The number of likely N-dealkylation sites (N-methyl/N-ethyl adjacent to an activating group) is 3. The first-order chi connectivity index (χ1) is 18.7. The van der Waals surface area contributed by atoms with Gasteiger partial charge in [0.05, 0.1) is 25.7 Å². The van der Waals surface area contributed by atoms with Crippen molar-refractivity contribution in [3.63, 3.8) is 0 Å². The minimum atomic E-state index is -0.589. The molecule has 39 heavy (non-hydrogen) atoms. The Hall–Kier alpha value is -3.55. The summed E-state index contributed by atoms with van der Waals surface area (Å²) < 4.78 is 11.3.